The molecule has 0 N–H and O–H groups in total. The minimum atomic E-state index is -1.13. The van der Waals surface area contributed by atoms with Gasteiger partial charge >= 0.3 is 0 Å². The van der Waals surface area contributed by atoms with Gasteiger partial charge in [-0.3, -0.25) is 14.4 Å². The van der Waals surface area contributed by atoms with Crippen LogP contribution in [0.25, 0.3) is 0 Å². The van der Waals surface area contributed by atoms with Crippen LogP contribution in [-0.4, -0.2) is 59.2 Å². The van der Waals surface area contributed by atoms with Crippen molar-refractivity contribution in [1.82, 2.24) is 9.80 Å². The lowest BCUT2D eigenvalue weighted by molar-refractivity contribution is -0.146. The molecule has 1 atom stereocenters. The first-order valence-electron chi connectivity index (χ1n) is 17.5. The molecule has 0 spiro atoms. The molecule has 1 fully saturated rings. The number of hydrogen-bond acceptors (Lipinski definition) is 4. The predicted molar refractivity (Wildman–Crippen MR) is 202 cm³/mol. The van der Waals surface area contributed by atoms with E-state index in [0.29, 0.717) is 41.4 Å². The van der Waals surface area contributed by atoms with Crippen molar-refractivity contribution < 1.29 is 19.1 Å². The molecule has 1 unspecified atom stereocenters. The molecule has 1 aliphatic rings. The Labute approximate surface area is 298 Å². The maximum absolute atomic E-state index is 13.5. The molecule has 1 saturated heterocycles. The summed E-state index contributed by atoms with van der Waals surface area (Å²) in [6.45, 7) is 6.77. The largest absolute Gasteiger partial charge is 0.478 e. The maximum atomic E-state index is 13.5. The average molecular weight is 685 g/mol. The maximum Gasteiger partial charge on any atom is 0.266 e. The third kappa shape index (κ3) is 13.7. The first kappa shape index (κ1) is 39.3. The summed E-state index contributed by atoms with van der Waals surface area (Å²) < 4.78 is 6.10. The molecular weight excluding hydrogens is 632 g/mol. The van der Waals surface area contributed by atoms with Crippen LogP contribution in [0, 0.1) is 0 Å². The molecule has 1 heterocycles. The van der Waals surface area contributed by atoms with Crippen molar-refractivity contribution in [3.05, 3.63) is 125 Å². The zero-order chi connectivity index (χ0) is 35.5. The third-order valence-corrected chi connectivity index (χ3v) is 8.67. The number of hydrogen-bond donors (Lipinski definition) is 0. The molecule has 0 radical (unpaired) electrons. The van der Waals surface area contributed by atoms with Crippen LogP contribution < -0.4 is 4.74 Å². The summed E-state index contributed by atoms with van der Waals surface area (Å²) in [6, 6.07) is 13.5. The minimum Gasteiger partial charge on any atom is -0.478 e. The van der Waals surface area contributed by atoms with Gasteiger partial charge in [0.25, 0.3) is 5.91 Å². The van der Waals surface area contributed by atoms with Gasteiger partial charge in [-0.1, -0.05) is 79.3 Å². The van der Waals surface area contributed by atoms with Crippen molar-refractivity contribution in [3.63, 3.8) is 0 Å². The molecule has 0 saturated carbocycles. The highest BCUT2D eigenvalue weighted by Gasteiger charge is 2.38. The van der Waals surface area contributed by atoms with E-state index < -0.39 is 5.60 Å². The van der Waals surface area contributed by atoms with Crippen molar-refractivity contribution in [2.24, 2.45) is 0 Å². The Kier molecular flexibility index (Phi) is 16.9. The molecule has 2 amide bonds. The lowest BCUT2D eigenvalue weighted by Gasteiger charge is -2.33. The van der Waals surface area contributed by atoms with Crippen molar-refractivity contribution in [2.75, 3.05) is 20.1 Å². The second-order valence-electron chi connectivity index (χ2n) is 12.8. The van der Waals surface area contributed by atoms with E-state index in [1.165, 1.54) is 0 Å². The van der Waals surface area contributed by atoms with Gasteiger partial charge in [0, 0.05) is 42.7 Å². The van der Waals surface area contributed by atoms with Gasteiger partial charge in [-0.2, -0.15) is 0 Å². The highest BCUT2D eigenvalue weighted by molar-refractivity contribution is 6.30. The summed E-state index contributed by atoms with van der Waals surface area (Å²) in [6.07, 6.45) is 29.9. The van der Waals surface area contributed by atoms with Crippen LogP contribution in [0.5, 0.6) is 5.75 Å². The van der Waals surface area contributed by atoms with Gasteiger partial charge < -0.3 is 14.5 Å². The zero-order valence-electron chi connectivity index (χ0n) is 29.7. The Bertz CT molecular complexity index is 1490. The van der Waals surface area contributed by atoms with Crippen LogP contribution in [0.1, 0.15) is 94.5 Å². The Morgan fingerprint density at radius 2 is 1.35 bits per heavy atom. The number of amides is 2. The lowest BCUT2D eigenvalue weighted by Crippen LogP contribution is -2.51. The standard InChI is InChI=1S/C42H53ClN2O4/c1-5-6-7-8-9-10-11-12-13-14-15-16-17-18-19-20-21-22-39(46)45-32-31-37(33-45)44(4)41(48)42(2,3)49-38-29-25-35(26-30-38)40(47)34-23-27-36(43)28-24-34/h6-7,9-10,12-13,15-16,20-21,23-30,37H,5,8,11,14,17-19,22,31-33H2,1-4H3/b7-6-,10-9-,13-12-,16-15-,21-20?. The second kappa shape index (κ2) is 21.0. The molecule has 2 aromatic rings. The number of likely N-dealkylation sites (tertiary alicyclic amines) is 1. The minimum absolute atomic E-state index is 0.0752. The normalized spacial score (nSPS) is 15.4. The third-order valence-electron chi connectivity index (χ3n) is 8.41. The number of carbonyl (C=O) groups excluding carboxylic acids is 3. The summed E-state index contributed by atoms with van der Waals surface area (Å²) in [5.74, 6) is 0.295. The van der Waals surface area contributed by atoms with Gasteiger partial charge in [-0.15, -0.1) is 0 Å². The van der Waals surface area contributed by atoms with Gasteiger partial charge in [-0.05, 0) is 114 Å². The molecule has 0 bridgehead atoms. The van der Waals surface area contributed by atoms with Crippen molar-refractivity contribution in [1.29, 1.82) is 0 Å². The molecule has 49 heavy (non-hydrogen) atoms. The number of likely N-dealkylation sites (N-methyl/N-ethyl adjacent to an activating group) is 1. The van der Waals surface area contributed by atoms with E-state index in [0.717, 1.165) is 51.4 Å². The van der Waals surface area contributed by atoms with E-state index in [9.17, 15) is 14.4 Å². The van der Waals surface area contributed by atoms with E-state index >= 15 is 0 Å². The number of ether oxygens (including phenoxy) is 1. The number of benzene rings is 2. The van der Waals surface area contributed by atoms with Gasteiger partial charge in [0.2, 0.25) is 5.91 Å². The quantitative estimate of drug-likeness (QED) is 0.0840. The number of unbranched alkanes of at least 4 members (excludes halogenated alkanes) is 2. The molecule has 1 aliphatic heterocycles. The number of nitrogens with zero attached hydrogens (tertiary/aromatic N) is 2. The second-order valence-corrected chi connectivity index (χ2v) is 13.2. The fourth-order valence-corrected chi connectivity index (χ4v) is 5.66. The summed E-state index contributed by atoms with van der Waals surface area (Å²) in [4.78, 5) is 42.7. The number of carbonyl (C=O) groups is 3. The Balaban J connectivity index is 1.33. The number of allylic oxidation sites excluding steroid dienone is 9. The molecule has 262 valence electrons. The molecule has 7 heteroatoms. The molecule has 0 aromatic heterocycles. The van der Waals surface area contributed by atoms with Crippen molar-refractivity contribution in [2.45, 2.75) is 90.2 Å². The Morgan fingerprint density at radius 3 is 1.94 bits per heavy atom. The van der Waals surface area contributed by atoms with Gasteiger partial charge in [0.1, 0.15) is 5.75 Å². The van der Waals surface area contributed by atoms with Crippen molar-refractivity contribution >= 4 is 29.2 Å². The smallest absolute Gasteiger partial charge is 0.266 e. The van der Waals surface area contributed by atoms with Gasteiger partial charge in [-0.25, -0.2) is 0 Å². The molecule has 6 nitrogen and oxygen atoms in total. The summed E-state index contributed by atoms with van der Waals surface area (Å²) >= 11 is 5.94. The summed E-state index contributed by atoms with van der Waals surface area (Å²) in [5.41, 5.74) is -0.0713. The molecule has 3 rings (SSSR count). The topological polar surface area (TPSA) is 66.9 Å². The first-order chi connectivity index (χ1) is 23.6. The Hall–Kier alpha value is -4.16. The Morgan fingerprint density at radius 1 is 0.816 bits per heavy atom. The van der Waals surface area contributed by atoms with Crippen LogP contribution in [0.3, 0.4) is 0 Å². The van der Waals surface area contributed by atoms with Crippen LogP contribution in [-0.2, 0) is 9.59 Å². The van der Waals surface area contributed by atoms with E-state index in [1.54, 1.807) is 74.3 Å². The molecule has 0 aliphatic carbocycles. The fraction of sp³-hybridized carbons (Fsp3) is 0.405. The van der Waals surface area contributed by atoms with E-state index in [4.69, 9.17) is 16.3 Å². The van der Waals surface area contributed by atoms with E-state index in [-0.39, 0.29) is 23.6 Å². The first-order valence-corrected chi connectivity index (χ1v) is 17.9. The summed E-state index contributed by atoms with van der Waals surface area (Å²) in [7, 11) is 1.77. The highest BCUT2D eigenvalue weighted by Crippen LogP contribution is 2.25. The van der Waals surface area contributed by atoms with Crippen molar-refractivity contribution in [3.8, 4) is 5.75 Å². The number of halogens is 1. The lowest BCUT2D eigenvalue weighted by atomic mass is 10.0. The van der Waals surface area contributed by atoms with Crippen LogP contribution in [0.2, 0.25) is 5.02 Å². The SMILES string of the molecule is CC/C=C\C/C=C\C/C=C\C/C=C\CCCC=CCC(=O)N1CCC(N(C)C(=O)C(C)(C)Oc2ccc(C(=O)c3ccc(Cl)cc3)cc2)C1. The predicted octanol–water partition coefficient (Wildman–Crippen LogP) is 9.71. The average Bonchev–Trinajstić information content (AvgIpc) is 3.60. The zero-order valence-corrected chi connectivity index (χ0v) is 30.4. The molecule has 2 aromatic carbocycles. The number of ketones is 1. The van der Waals surface area contributed by atoms with E-state index in [1.807, 2.05) is 11.0 Å². The van der Waals surface area contributed by atoms with Gasteiger partial charge in [0.05, 0.1) is 6.04 Å². The van der Waals surface area contributed by atoms with Gasteiger partial charge in [0.15, 0.2) is 11.4 Å². The summed E-state index contributed by atoms with van der Waals surface area (Å²) in [5, 5.41) is 0.571. The fourth-order valence-electron chi connectivity index (χ4n) is 5.54. The monoisotopic (exact) mass is 684 g/mol. The molecular formula is C42H53ClN2O4. The van der Waals surface area contributed by atoms with Crippen LogP contribution >= 0.6 is 11.6 Å². The van der Waals surface area contributed by atoms with Crippen LogP contribution in [0.15, 0.2) is 109 Å². The number of rotatable bonds is 19. The highest BCUT2D eigenvalue weighted by atomic mass is 35.5. The van der Waals surface area contributed by atoms with Crippen LogP contribution in [0.4, 0.5) is 0 Å². The van der Waals surface area contributed by atoms with E-state index in [2.05, 4.69) is 61.6 Å².